The molecule has 80 valence electrons. The van der Waals surface area contributed by atoms with Crippen LogP contribution in [-0.2, 0) is 18.9 Å². The Hall–Kier alpha value is -0.845. The van der Waals surface area contributed by atoms with E-state index in [2.05, 4.69) is 11.3 Å². The van der Waals surface area contributed by atoms with Gasteiger partial charge in [0.1, 0.15) is 0 Å². The van der Waals surface area contributed by atoms with Crippen molar-refractivity contribution in [1.29, 1.82) is 0 Å². The lowest BCUT2D eigenvalue weighted by atomic mass is 9.81. The molecule has 0 heterocycles. The molecule has 0 bridgehead atoms. The maximum atomic E-state index is 11.2. The highest BCUT2D eigenvalue weighted by atomic mass is 16.5. The molecule has 0 aliphatic heterocycles. The number of hydrogen-bond donors (Lipinski definition) is 1. The fourth-order valence-corrected chi connectivity index (χ4v) is 0.855. The first-order chi connectivity index (χ1) is 6.76. The van der Waals surface area contributed by atoms with Gasteiger partial charge in [-0.05, 0) is 0 Å². The Morgan fingerprint density at radius 1 is 1.71 bits per heavy atom. The van der Waals surface area contributed by atoms with E-state index in [9.17, 15) is 4.79 Å². The third-order valence-electron chi connectivity index (χ3n) is 1.53. The third-order valence-corrected chi connectivity index (χ3v) is 1.53. The molecule has 0 aliphatic rings. The van der Waals surface area contributed by atoms with E-state index in [0.29, 0.717) is 6.61 Å². The summed E-state index contributed by atoms with van der Waals surface area (Å²) in [5.74, 6) is -0.786. The minimum absolute atomic E-state index is 0.0783. The van der Waals surface area contributed by atoms with E-state index in [4.69, 9.17) is 15.1 Å². The summed E-state index contributed by atoms with van der Waals surface area (Å²) in [6.07, 6.45) is 1.61. The topological polar surface area (TPSA) is 70.8 Å². The molecule has 6 heteroatoms. The second-order valence-corrected chi connectivity index (χ2v) is 2.58. The van der Waals surface area contributed by atoms with Crippen molar-refractivity contribution in [2.24, 2.45) is 5.73 Å². The van der Waals surface area contributed by atoms with Crippen LogP contribution in [0, 0.1) is 0 Å². The number of nitrogens with two attached hydrogens (primary N) is 1. The molecule has 0 aromatic rings. The number of ether oxygens (including phenoxy) is 2. The zero-order valence-electron chi connectivity index (χ0n) is 8.40. The van der Waals surface area contributed by atoms with Gasteiger partial charge >= 0.3 is 5.97 Å². The summed E-state index contributed by atoms with van der Waals surface area (Å²) in [5, 5.41) is 0. The smallest absolute Gasteiger partial charge is 0.305 e. The molecule has 0 aliphatic carbocycles. The molecule has 0 saturated carbocycles. The van der Waals surface area contributed by atoms with Crippen molar-refractivity contribution in [2.45, 2.75) is 5.82 Å². The van der Waals surface area contributed by atoms with Crippen LogP contribution in [0.3, 0.4) is 0 Å². The summed E-state index contributed by atoms with van der Waals surface area (Å²) in [7, 11) is 1.53. The predicted molar refractivity (Wildman–Crippen MR) is 54.1 cm³/mol. The van der Waals surface area contributed by atoms with Crippen LogP contribution in [0.2, 0.25) is 5.82 Å². The molecule has 14 heavy (non-hydrogen) atoms. The summed E-state index contributed by atoms with van der Waals surface area (Å²) in [6.45, 7) is 4.22. The highest BCUT2D eigenvalue weighted by Gasteiger charge is 2.21. The highest BCUT2D eigenvalue weighted by Crippen LogP contribution is 2.06. The Kier molecular flexibility index (Phi) is 8.21. The van der Waals surface area contributed by atoms with Crippen molar-refractivity contribution >= 4 is 13.5 Å². The average molecular weight is 201 g/mol. The maximum Gasteiger partial charge on any atom is 0.305 e. The number of carbonyl (C=O) groups is 1. The first-order valence-electron chi connectivity index (χ1n) is 4.30. The second-order valence-electron chi connectivity index (χ2n) is 2.58. The number of carbonyl (C=O) groups excluding carboxylic acids is 1. The lowest BCUT2D eigenvalue weighted by Crippen LogP contribution is -2.25. The molecule has 0 amide bonds. The van der Waals surface area contributed by atoms with Crippen LogP contribution < -0.4 is 5.73 Å². The SMILES string of the molecule is C=CCOC[C@H](BOCN)C(=O)OC. The quantitative estimate of drug-likeness (QED) is 0.187. The van der Waals surface area contributed by atoms with Crippen LogP contribution >= 0.6 is 0 Å². The minimum Gasteiger partial charge on any atom is -0.469 e. The molecule has 0 saturated heterocycles. The molecule has 0 aromatic heterocycles. The summed E-state index contributed by atoms with van der Waals surface area (Å²) in [5.41, 5.74) is 5.14. The fourth-order valence-electron chi connectivity index (χ4n) is 0.855. The van der Waals surface area contributed by atoms with E-state index in [1.54, 1.807) is 6.08 Å². The summed E-state index contributed by atoms with van der Waals surface area (Å²) < 4.78 is 14.6. The van der Waals surface area contributed by atoms with E-state index in [-0.39, 0.29) is 26.8 Å². The van der Waals surface area contributed by atoms with Crippen molar-refractivity contribution < 1.29 is 18.9 Å². The van der Waals surface area contributed by atoms with Crippen LogP contribution in [-0.4, -0.2) is 40.5 Å². The number of hydrogen-bond acceptors (Lipinski definition) is 5. The van der Waals surface area contributed by atoms with E-state index in [0.717, 1.165) is 0 Å². The monoisotopic (exact) mass is 201 g/mol. The Morgan fingerprint density at radius 2 is 2.43 bits per heavy atom. The fraction of sp³-hybridized carbons (Fsp3) is 0.625. The van der Waals surface area contributed by atoms with Gasteiger partial charge < -0.3 is 19.9 Å². The largest absolute Gasteiger partial charge is 0.469 e. The molecule has 1 atom stereocenters. The van der Waals surface area contributed by atoms with Gasteiger partial charge in [0.2, 0.25) is 0 Å². The molecular weight excluding hydrogens is 185 g/mol. The van der Waals surface area contributed by atoms with Crippen LogP contribution in [0.4, 0.5) is 0 Å². The van der Waals surface area contributed by atoms with Gasteiger partial charge in [-0.3, -0.25) is 4.79 Å². The van der Waals surface area contributed by atoms with Crippen molar-refractivity contribution in [3.63, 3.8) is 0 Å². The van der Waals surface area contributed by atoms with E-state index in [1.807, 2.05) is 0 Å². The van der Waals surface area contributed by atoms with Gasteiger partial charge in [-0.15, -0.1) is 6.58 Å². The lowest BCUT2D eigenvalue weighted by Gasteiger charge is -2.12. The molecule has 0 spiro atoms. The van der Waals surface area contributed by atoms with Gasteiger partial charge in [0.05, 0.1) is 32.9 Å². The molecule has 0 radical (unpaired) electrons. The van der Waals surface area contributed by atoms with Gasteiger partial charge in [-0.25, -0.2) is 0 Å². The molecular formula is C8H16BNO4. The maximum absolute atomic E-state index is 11.2. The zero-order chi connectivity index (χ0) is 10.8. The molecule has 0 rings (SSSR count). The van der Waals surface area contributed by atoms with E-state index >= 15 is 0 Å². The lowest BCUT2D eigenvalue weighted by molar-refractivity contribution is -0.141. The molecule has 0 fully saturated rings. The normalized spacial score (nSPS) is 11.9. The van der Waals surface area contributed by atoms with Gasteiger partial charge in [0.25, 0.3) is 7.48 Å². The van der Waals surface area contributed by atoms with Gasteiger partial charge in [0, 0.05) is 0 Å². The molecule has 5 nitrogen and oxygen atoms in total. The minimum atomic E-state index is -0.427. The third kappa shape index (κ3) is 5.74. The Labute approximate surface area is 84.5 Å². The zero-order valence-corrected chi connectivity index (χ0v) is 8.40. The van der Waals surface area contributed by atoms with Gasteiger partial charge in [-0.1, -0.05) is 6.08 Å². The Bertz CT molecular complexity index is 177. The van der Waals surface area contributed by atoms with Crippen molar-refractivity contribution in [3.8, 4) is 0 Å². The van der Waals surface area contributed by atoms with Gasteiger partial charge in [-0.2, -0.15) is 0 Å². The van der Waals surface area contributed by atoms with Crippen LogP contribution in [0.5, 0.6) is 0 Å². The predicted octanol–water partition coefficient (Wildman–Crippen LogP) is -0.565. The molecule has 0 aromatic carbocycles. The number of esters is 1. The van der Waals surface area contributed by atoms with Crippen LogP contribution in [0.25, 0.3) is 0 Å². The first-order valence-corrected chi connectivity index (χ1v) is 4.30. The first kappa shape index (κ1) is 13.2. The van der Waals surface area contributed by atoms with E-state index < -0.39 is 5.82 Å². The van der Waals surface area contributed by atoms with Crippen molar-refractivity contribution in [3.05, 3.63) is 12.7 Å². The van der Waals surface area contributed by atoms with Crippen molar-refractivity contribution in [1.82, 2.24) is 0 Å². The molecule has 0 unspecified atom stereocenters. The standard InChI is InChI=1S/C8H16BNO4/c1-3-4-13-5-7(8(11)12-2)9-14-6-10/h3,7,9H,1,4-6,10H2,2H3/t7-/m0/s1. The van der Waals surface area contributed by atoms with Crippen LogP contribution in [0.1, 0.15) is 0 Å². The Morgan fingerprint density at radius 3 is 2.93 bits per heavy atom. The highest BCUT2D eigenvalue weighted by molar-refractivity contribution is 6.36. The summed E-state index contributed by atoms with van der Waals surface area (Å²) in [4.78, 5) is 11.2. The Balaban J connectivity index is 3.83. The van der Waals surface area contributed by atoms with E-state index in [1.165, 1.54) is 7.11 Å². The van der Waals surface area contributed by atoms with Crippen molar-refractivity contribution in [2.75, 3.05) is 27.1 Å². The number of rotatable bonds is 8. The van der Waals surface area contributed by atoms with Gasteiger partial charge in [0.15, 0.2) is 0 Å². The summed E-state index contributed by atoms with van der Waals surface area (Å²) in [6, 6.07) is 0. The number of methoxy groups -OCH3 is 1. The second kappa shape index (κ2) is 8.74. The summed E-state index contributed by atoms with van der Waals surface area (Å²) >= 11 is 0. The average Bonchev–Trinajstić information content (AvgIpc) is 2.22. The molecule has 2 N–H and O–H groups in total. The van der Waals surface area contributed by atoms with Crippen LogP contribution in [0.15, 0.2) is 12.7 Å².